The standard InChI is InChI=1S/C23H16ClF3N6O/c1-2-14(32-22-20-21(29-9-28-20)30-10-31-22)16-8-11-6-7-12(25)18(24)17(11)23(34)33(16)15-5-3-4-13(26)19(15)27/h3-10,14H,2H2,1H3,(H2,28,29,30,31,32)/t14-/m0/s1. The van der Waals surface area contributed by atoms with Gasteiger partial charge in [0.15, 0.2) is 23.1 Å². The Labute approximate surface area is 195 Å². The summed E-state index contributed by atoms with van der Waals surface area (Å²) in [6, 6.07) is 7.06. The Morgan fingerprint density at radius 3 is 2.74 bits per heavy atom. The van der Waals surface area contributed by atoms with Gasteiger partial charge in [0.2, 0.25) is 0 Å². The number of aromatic amines is 1. The molecule has 0 saturated carbocycles. The number of nitrogens with zero attached hydrogens (tertiary/aromatic N) is 4. The minimum absolute atomic E-state index is 0.138. The van der Waals surface area contributed by atoms with Crippen LogP contribution in [0.5, 0.6) is 0 Å². The van der Waals surface area contributed by atoms with Gasteiger partial charge >= 0.3 is 0 Å². The Hall–Kier alpha value is -3.92. The molecule has 0 saturated heterocycles. The van der Waals surface area contributed by atoms with E-state index in [1.165, 1.54) is 30.9 Å². The molecule has 172 valence electrons. The van der Waals surface area contributed by atoms with Gasteiger partial charge in [0.05, 0.1) is 28.5 Å². The minimum atomic E-state index is -1.22. The fourth-order valence-electron chi connectivity index (χ4n) is 3.95. The van der Waals surface area contributed by atoms with Crippen LogP contribution in [-0.4, -0.2) is 24.5 Å². The predicted octanol–water partition coefficient (Wildman–Crippen LogP) is 5.29. The van der Waals surface area contributed by atoms with Crippen molar-refractivity contribution < 1.29 is 13.2 Å². The Balaban J connectivity index is 1.79. The molecule has 0 amide bonds. The number of halogens is 4. The van der Waals surface area contributed by atoms with Crippen molar-refractivity contribution in [3.05, 3.63) is 87.6 Å². The van der Waals surface area contributed by atoms with Crippen LogP contribution >= 0.6 is 11.6 Å². The number of H-pyrrole nitrogens is 1. The van der Waals surface area contributed by atoms with Crippen LogP contribution in [0, 0.1) is 17.5 Å². The number of hydrogen-bond donors (Lipinski definition) is 2. The second kappa shape index (κ2) is 8.45. The summed E-state index contributed by atoms with van der Waals surface area (Å²) in [6.45, 7) is 1.85. The molecule has 0 unspecified atom stereocenters. The average molecular weight is 485 g/mol. The second-order valence-corrected chi connectivity index (χ2v) is 7.91. The fraction of sp³-hybridized carbons (Fsp3) is 0.130. The van der Waals surface area contributed by atoms with E-state index in [0.717, 1.165) is 16.7 Å². The lowest BCUT2D eigenvalue weighted by molar-refractivity contribution is 0.501. The van der Waals surface area contributed by atoms with Gasteiger partial charge in [-0.05, 0) is 36.1 Å². The zero-order valence-corrected chi connectivity index (χ0v) is 18.4. The lowest BCUT2D eigenvalue weighted by Gasteiger charge is -2.24. The van der Waals surface area contributed by atoms with Crippen LogP contribution in [-0.2, 0) is 0 Å². The molecule has 0 aliphatic rings. The van der Waals surface area contributed by atoms with E-state index in [0.29, 0.717) is 34.5 Å². The van der Waals surface area contributed by atoms with Crippen molar-refractivity contribution >= 4 is 39.4 Å². The topological polar surface area (TPSA) is 88.5 Å². The van der Waals surface area contributed by atoms with E-state index in [1.54, 1.807) is 6.07 Å². The maximum atomic E-state index is 14.9. The van der Waals surface area contributed by atoms with Crippen molar-refractivity contribution in [1.82, 2.24) is 24.5 Å². The van der Waals surface area contributed by atoms with Gasteiger partial charge in [0.1, 0.15) is 17.7 Å². The van der Waals surface area contributed by atoms with Crippen molar-refractivity contribution in [3.8, 4) is 5.69 Å². The highest BCUT2D eigenvalue weighted by molar-refractivity contribution is 6.35. The lowest BCUT2D eigenvalue weighted by Crippen LogP contribution is -2.27. The molecule has 0 radical (unpaired) electrons. The highest BCUT2D eigenvalue weighted by Gasteiger charge is 2.24. The van der Waals surface area contributed by atoms with E-state index in [9.17, 15) is 18.0 Å². The number of fused-ring (bicyclic) bond motifs is 2. The molecule has 5 aromatic rings. The van der Waals surface area contributed by atoms with Crippen LogP contribution in [0.1, 0.15) is 25.1 Å². The van der Waals surface area contributed by atoms with Crippen LogP contribution in [0.4, 0.5) is 19.0 Å². The van der Waals surface area contributed by atoms with E-state index in [-0.39, 0.29) is 11.1 Å². The molecule has 0 spiro atoms. The first kappa shape index (κ1) is 21.9. The number of benzene rings is 2. The van der Waals surface area contributed by atoms with Crippen molar-refractivity contribution in [2.75, 3.05) is 5.32 Å². The zero-order valence-electron chi connectivity index (χ0n) is 17.6. The first-order valence-corrected chi connectivity index (χ1v) is 10.7. The number of pyridine rings is 1. The molecular formula is C23H16ClF3N6O. The molecular weight excluding hydrogens is 469 g/mol. The van der Waals surface area contributed by atoms with Crippen molar-refractivity contribution in [3.63, 3.8) is 0 Å². The number of anilines is 1. The maximum Gasteiger partial charge on any atom is 0.264 e. The summed E-state index contributed by atoms with van der Waals surface area (Å²) in [5, 5.41) is 3.04. The summed E-state index contributed by atoms with van der Waals surface area (Å²) in [5.41, 5.74) is 0.165. The third kappa shape index (κ3) is 3.47. The quantitative estimate of drug-likeness (QED) is 0.354. The van der Waals surface area contributed by atoms with Crippen molar-refractivity contribution in [2.24, 2.45) is 0 Å². The molecule has 34 heavy (non-hydrogen) atoms. The van der Waals surface area contributed by atoms with E-state index >= 15 is 0 Å². The molecule has 3 aromatic heterocycles. The number of aromatic nitrogens is 5. The Morgan fingerprint density at radius 1 is 1.12 bits per heavy atom. The van der Waals surface area contributed by atoms with E-state index in [2.05, 4.69) is 25.3 Å². The molecule has 0 aliphatic heterocycles. The van der Waals surface area contributed by atoms with Crippen molar-refractivity contribution in [2.45, 2.75) is 19.4 Å². The highest BCUT2D eigenvalue weighted by atomic mass is 35.5. The summed E-state index contributed by atoms with van der Waals surface area (Å²) < 4.78 is 44.2. The first-order chi connectivity index (χ1) is 16.4. The van der Waals surface area contributed by atoms with Gasteiger partial charge in [-0.3, -0.25) is 9.36 Å². The third-order valence-corrected chi connectivity index (χ3v) is 5.94. The monoisotopic (exact) mass is 484 g/mol. The molecule has 0 aliphatic carbocycles. The molecule has 1 atom stereocenters. The van der Waals surface area contributed by atoms with Gasteiger partial charge in [0, 0.05) is 5.69 Å². The van der Waals surface area contributed by atoms with Crippen LogP contribution in [0.3, 0.4) is 0 Å². The average Bonchev–Trinajstić information content (AvgIpc) is 3.31. The number of imidazole rings is 1. The van der Waals surface area contributed by atoms with Crippen molar-refractivity contribution in [1.29, 1.82) is 0 Å². The van der Waals surface area contributed by atoms with Crippen LogP contribution in [0.2, 0.25) is 5.02 Å². The smallest absolute Gasteiger partial charge is 0.264 e. The van der Waals surface area contributed by atoms with Crippen LogP contribution < -0.4 is 10.9 Å². The normalized spacial score (nSPS) is 12.4. The van der Waals surface area contributed by atoms with E-state index < -0.39 is 34.1 Å². The van der Waals surface area contributed by atoms with Crippen LogP contribution in [0.25, 0.3) is 27.6 Å². The van der Waals surface area contributed by atoms with Gasteiger partial charge in [-0.15, -0.1) is 0 Å². The summed E-state index contributed by atoms with van der Waals surface area (Å²) in [4.78, 5) is 29.0. The van der Waals surface area contributed by atoms with E-state index in [4.69, 9.17) is 11.6 Å². The lowest BCUT2D eigenvalue weighted by atomic mass is 10.0. The van der Waals surface area contributed by atoms with Gasteiger partial charge in [-0.25, -0.2) is 28.1 Å². The summed E-state index contributed by atoms with van der Waals surface area (Å²) >= 11 is 6.11. The summed E-state index contributed by atoms with van der Waals surface area (Å²) in [7, 11) is 0. The maximum absolute atomic E-state index is 14.9. The Bertz CT molecular complexity index is 1620. The Kier molecular flexibility index (Phi) is 5.45. The zero-order chi connectivity index (χ0) is 24.0. The van der Waals surface area contributed by atoms with Crippen LogP contribution in [0.15, 0.2) is 53.8 Å². The van der Waals surface area contributed by atoms with Gasteiger partial charge in [-0.2, -0.15) is 0 Å². The predicted molar refractivity (Wildman–Crippen MR) is 123 cm³/mol. The molecule has 5 rings (SSSR count). The molecule has 11 heteroatoms. The highest BCUT2D eigenvalue weighted by Crippen LogP contribution is 2.31. The molecule has 7 nitrogen and oxygen atoms in total. The summed E-state index contributed by atoms with van der Waals surface area (Å²) in [6.07, 6.45) is 3.24. The number of hydrogen-bond acceptors (Lipinski definition) is 5. The van der Waals surface area contributed by atoms with Gasteiger partial charge in [0.25, 0.3) is 5.56 Å². The molecule has 3 heterocycles. The fourth-order valence-corrected chi connectivity index (χ4v) is 4.20. The number of rotatable bonds is 5. The molecule has 0 fully saturated rings. The Morgan fingerprint density at radius 2 is 1.94 bits per heavy atom. The summed E-state index contributed by atoms with van der Waals surface area (Å²) in [5.74, 6) is -2.76. The SMILES string of the molecule is CC[C@H](Nc1ncnc2[nH]cnc12)c1cc2ccc(F)c(Cl)c2c(=O)n1-c1cccc(F)c1F. The molecule has 2 N–H and O–H groups in total. The second-order valence-electron chi connectivity index (χ2n) is 7.54. The largest absolute Gasteiger partial charge is 0.360 e. The van der Waals surface area contributed by atoms with E-state index in [1.807, 2.05) is 6.92 Å². The number of nitrogens with one attached hydrogen (secondary N) is 2. The molecule has 2 aromatic carbocycles. The molecule has 0 bridgehead atoms. The van der Waals surface area contributed by atoms with Gasteiger partial charge in [-0.1, -0.05) is 30.7 Å². The minimum Gasteiger partial charge on any atom is -0.360 e. The van der Waals surface area contributed by atoms with Gasteiger partial charge < -0.3 is 10.3 Å². The third-order valence-electron chi connectivity index (χ3n) is 5.57. The first-order valence-electron chi connectivity index (χ1n) is 10.3.